The van der Waals surface area contributed by atoms with E-state index in [1.807, 2.05) is 0 Å². The van der Waals surface area contributed by atoms with Gasteiger partial charge in [-0.25, -0.2) is 34.6 Å². The second-order valence-electron chi connectivity index (χ2n) is 7.65. The molecule has 0 radical (unpaired) electrons. The van der Waals surface area contributed by atoms with Crippen molar-refractivity contribution in [1.29, 1.82) is 0 Å². The van der Waals surface area contributed by atoms with Crippen LogP contribution in [-0.2, 0) is 49.2 Å². The van der Waals surface area contributed by atoms with Gasteiger partial charge in [-0.3, -0.25) is 0 Å². The van der Waals surface area contributed by atoms with Crippen LogP contribution in [-0.4, -0.2) is 86.1 Å². The maximum absolute atomic E-state index is 13.1. The zero-order valence-corrected chi connectivity index (χ0v) is 22.4. The van der Waals surface area contributed by atoms with Crippen molar-refractivity contribution in [1.82, 2.24) is 25.4 Å². The molecular formula is C23H28N6O12-2. The first-order valence-corrected chi connectivity index (χ1v) is 12.1. The SMILES string of the molecule is CCOC(=O)C(C(=O)OCC)(c1nc(Nc2ccccc2)nc(C(C(=O)OCC)(C(=O)OCC)N([O-])O)n1)N([O-])O. The number of nitrogens with one attached hydrogen (secondary N) is 1. The Balaban J connectivity index is 3.10. The summed E-state index contributed by atoms with van der Waals surface area (Å²) in [6.07, 6.45) is 0. The molecule has 0 spiro atoms. The lowest BCUT2D eigenvalue weighted by Crippen LogP contribution is -2.59. The van der Waals surface area contributed by atoms with E-state index < -0.39 is 89.4 Å². The van der Waals surface area contributed by atoms with Gasteiger partial charge >= 0.3 is 23.9 Å². The molecule has 3 N–H and O–H groups in total. The van der Waals surface area contributed by atoms with Gasteiger partial charge in [0.1, 0.15) is 0 Å². The third kappa shape index (κ3) is 6.37. The molecule has 2 rings (SSSR count). The van der Waals surface area contributed by atoms with Crippen LogP contribution < -0.4 is 5.32 Å². The van der Waals surface area contributed by atoms with E-state index in [2.05, 4.69) is 20.3 Å². The van der Waals surface area contributed by atoms with Crippen LogP contribution in [0, 0.1) is 10.4 Å². The van der Waals surface area contributed by atoms with Crippen LogP contribution in [0.5, 0.6) is 0 Å². The zero-order chi connectivity index (χ0) is 30.8. The fourth-order valence-corrected chi connectivity index (χ4v) is 3.36. The van der Waals surface area contributed by atoms with E-state index >= 15 is 0 Å². The topological polar surface area (TPSA) is 249 Å². The average molecular weight is 581 g/mol. The fraction of sp³-hybridized carbons (Fsp3) is 0.435. The third-order valence-electron chi connectivity index (χ3n) is 5.17. The number of para-hydroxylation sites is 1. The second-order valence-corrected chi connectivity index (χ2v) is 7.65. The van der Waals surface area contributed by atoms with E-state index in [4.69, 9.17) is 18.9 Å². The Morgan fingerprint density at radius 1 is 0.707 bits per heavy atom. The lowest BCUT2D eigenvalue weighted by molar-refractivity contribution is -0.204. The van der Waals surface area contributed by atoms with Crippen LogP contribution in [0.3, 0.4) is 0 Å². The summed E-state index contributed by atoms with van der Waals surface area (Å²) in [5.74, 6) is -10.2. The lowest BCUT2D eigenvalue weighted by Gasteiger charge is -2.40. The van der Waals surface area contributed by atoms with Gasteiger partial charge in [-0.15, -0.1) is 0 Å². The number of benzene rings is 1. The first kappa shape index (κ1) is 32.9. The second kappa shape index (κ2) is 14.3. The number of aromatic nitrogens is 3. The zero-order valence-electron chi connectivity index (χ0n) is 22.4. The van der Waals surface area contributed by atoms with Crippen molar-refractivity contribution in [2.75, 3.05) is 31.7 Å². The van der Waals surface area contributed by atoms with Crippen molar-refractivity contribution in [3.05, 3.63) is 52.4 Å². The van der Waals surface area contributed by atoms with Crippen LogP contribution in [0.2, 0.25) is 0 Å². The highest BCUT2D eigenvalue weighted by Crippen LogP contribution is 2.34. The Morgan fingerprint density at radius 3 is 1.34 bits per heavy atom. The standard InChI is InChI=1S/C23H28N6O12/c1-5-38-17(30)22(28(34)35,18(31)39-6-2)15-25-16(27-21(26-15)24-14-12-10-9-11-13-14)23(29(36)37,19(32)40-7-3)20(33)41-8-4/h9-13,34,36H,5-8H2,1-4H3,(H,24,25,26,27)/q-2. The molecule has 0 amide bonds. The molecule has 18 heteroatoms. The summed E-state index contributed by atoms with van der Waals surface area (Å²) < 4.78 is 19.3. The number of carbonyl (C=O) groups excluding carboxylic acids is 4. The molecule has 0 unspecified atom stereocenters. The van der Waals surface area contributed by atoms with Crippen molar-refractivity contribution in [2.45, 2.75) is 38.8 Å². The summed E-state index contributed by atoms with van der Waals surface area (Å²) in [7, 11) is 0. The maximum Gasteiger partial charge on any atom is 0.347 e. The minimum atomic E-state index is -3.53. The van der Waals surface area contributed by atoms with Gasteiger partial charge < -0.3 is 45.1 Å². The summed E-state index contributed by atoms with van der Waals surface area (Å²) in [5.41, 5.74) is -6.82. The highest BCUT2D eigenvalue weighted by molar-refractivity contribution is 6.06. The van der Waals surface area contributed by atoms with Crippen molar-refractivity contribution in [2.24, 2.45) is 0 Å². The Bertz CT molecular complexity index is 1120. The molecule has 0 saturated heterocycles. The molecular weight excluding hydrogens is 552 g/mol. The van der Waals surface area contributed by atoms with E-state index in [0.717, 1.165) is 0 Å². The minimum Gasteiger partial charge on any atom is -0.761 e. The predicted molar refractivity (Wildman–Crippen MR) is 133 cm³/mol. The number of hydrogen-bond donors (Lipinski definition) is 3. The van der Waals surface area contributed by atoms with Gasteiger partial charge in [0.05, 0.1) is 26.4 Å². The largest absolute Gasteiger partial charge is 0.761 e. The smallest absolute Gasteiger partial charge is 0.347 e. The first-order chi connectivity index (χ1) is 19.5. The molecule has 18 nitrogen and oxygen atoms in total. The third-order valence-corrected chi connectivity index (χ3v) is 5.17. The van der Waals surface area contributed by atoms with Crippen LogP contribution in [0.25, 0.3) is 0 Å². The fourth-order valence-electron chi connectivity index (χ4n) is 3.36. The molecule has 1 aromatic heterocycles. The van der Waals surface area contributed by atoms with Crippen molar-refractivity contribution < 1.29 is 48.5 Å². The van der Waals surface area contributed by atoms with Crippen molar-refractivity contribution >= 4 is 35.5 Å². The molecule has 0 aliphatic carbocycles. The number of esters is 4. The number of nitrogens with zero attached hydrogens (tertiary/aromatic N) is 5. The van der Waals surface area contributed by atoms with Crippen LogP contribution in [0.4, 0.5) is 11.6 Å². The van der Waals surface area contributed by atoms with Crippen molar-refractivity contribution in [3.8, 4) is 0 Å². The molecule has 0 aliphatic rings. The Labute approximate surface area is 232 Å². The molecule has 2 aromatic rings. The molecule has 1 aromatic carbocycles. The molecule has 0 fully saturated rings. The number of hydroxylamine groups is 4. The van der Waals surface area contributed by atoms with Crippen LogP contribution >= 0.6 is 0 Å². The van der Waals surface area contributed by atoms with Gasteiger partial charge in [0.2, 0.25) is 5.95 Å². The number of ether oxygens (including phenoxy) is 4. The normalized spacial score (nSPS) is 11.7. The number of anilines is 2. The highest BCUT2D eigenvalue weighted by atomic mass is 16.8. The number of hydrogen-bond acceptors (Lipinski definition) is 18. The number of rotatable bonds is 14. The Kier molecular flexibility index (Phi) is 11.5. The van der Waals surface area contributed by atoms with Gasteiger partial charge in [-0.05, 0) is 39.8 Å². The van der Waals surface area contributed by atoms with E-state index in [1.165, 1.54) is 39.8 Å². The minimum absolute atomic E-state index is 0.247. The average Bonchev–Trinajstić information content (AvgIpc) is 2.90. The summed E-state index contributed by atoms with van der Waals surface area (Å²) in [6, 6.07) is 7.80. The molecule has 0 saturated carbocycles. The quantitative estimate of drug-likeness (QED) is 0.120. The molecule has 0 aliphatic heterocycles. The Morgan fingerprint density at radius 2 is 1.05 bits per heavy atom. The monoisotopic (exact) mass is 580 g/mol. The van der Waals surface area contributed by atoms with Gasteiger partial charge in [0, 0.05) is 5.69 Å². The van der Waals surface area contributed by atoms with E-state index in [0.29, 0.717) is 0 Å². The molecule has 41 heavy (non-hydrogen) atoms. The summed E-state index contributed by atoms with van der Waals surface area (Å²) in [6.45, 7) is 3.60. The van der Waals surface area contributed by atoms with Crippen molar-refractivity contribution in [3.63, 3.8) is 0 Å². The lowest BCUT2D eigenvalue weighted by atomic mass is 9.96. The summed E-state index contributed by atoms with van der Waals surface area (Å²) in [4.78, 5) is 63.9. The Hall–Kier alpha value is -4.33. The molecule has 1 heterocycles. The summed E-state index contributed by atoms with van der Waals surface area (Å²) >= 11 is 0. The van der Waals surface area contributed by atoms with E-state index in [1.54, 1.807) is 18.2 Å². The van der Waals surface area contributed by atoms with Gasteiger partial charge in [0.25, 0.3) is 11.1 Å². The number of carbonyl (C=O) groups is 4. The van der Waals surface area contributed by atoms with E-state index in [-0.39, 0.29) is 5.69 Å². The van der Waals surface area contributed by atoms with Gasteiger partial charge in [-0.1, -0.05) is 18.2 Å². The molecule has 0 bridgehead atoms. The van der Waals surface area contributed by atoms with Crippen LogP contribution in [0.15, 0.2) is 30.3 Å². The highest BCUT2D eigenvalue weighted by Gasteiger charge is 2.59. The van der Waals surface area contributed by atoms with Gasteiger partial charge in [0.15, 0.2) is 11.6 Å². The first-order valence-electron chi connectivity index (χ1n) is 12.1. The predicted octanol–water partition coefficient (Wildman–Crippen LogP) is 0.636. The molecule has 224 valence electrons. The maximum atomic E-state index is 13.1. The van der Waals surface area contributed by atoms with Crippen LogP contribution in [0.1, 0.15) is 39.3 Å². The summed E-state index contributed by atoms with van der Waals surface area (Å²) in [5, 5.41) is 45.7. The van der Waals surface area contributed by atoms with E-state index in [9.17, 15) is 40.0 Å². The molecule has 0 atom stereocenters. The van der Waals surface area contributed by atoms with Gasteiger partial charge in [-0.2, -0.15) is 9.97 Å².